The summed E-state index contributed by atoms with van der Waals surface area (Å²) in [7, 11) is 0. The van der Waals surface area contributed by atoms with Crippen LogP contribution in [0.5, 0.6) is 5.75 Å². The second kappa shape index (κ2) is 8.52. The van der Waals surface area contributed by atoms with Crippen LogP contribution in [0, 0.1) is 13.8 Å². The van der Waals surface area contributed by atoms with E-state index in [1.165, 1.54) is 27.5 Å². The Bertz CT molecular complexity index is 876. The van der Waals surface area contributed by atoms with Crippen molar-refractivity contribution in [3.8, 4) is 5.75 Å². The maximum absolute atomic E-state index is 12.1. The summed E-state index contributed by atoms with van der Waals surface area (Å²) in [5, 5.41) is 5.37. The van der Waals surface area contributed by atoms with Crippen molar-refractivity contribution in [2.75, 3.05) is 13.2 Å². The van der Waals surface area contributed by atoms with E-state index in [9.17, 15) is 4.79 Å². The molecule has 1 N–H and O–H groups in total. The van der Waals surface area contributed by atoms with E-state index in [1.807, 2.05) is 30.3 Å². The molecule has 0 aliphatic carbocycles. The summed E-state index contributed by atoms with van der Waals surface area (Å²) in [5.41, 5.74) is 3.57. The van der Waals surface area contributed by atoms with E-state index < -0.39 is 0 Å². The molecule has 0 aliphatic rings. The van der Waals surface area contributed by atoms with E-state index in [4.69, 9.17) is 4.74 Å². The average molecular weight is 347 g/mol. The zero-order chi connectivity index (χ0) is 18.4. The lowest BCUT2D eigenvalue weighted by molar-refractivity contribution is -0.121. The van der Waals surface area contributed by atoms with E-state index >= 15 is 0 Å². The molecule has 134 valence electrons. The number of rotatable bonds is 7. The zero-order valence-corrected chi connectivity index (χ0v) is 15.4. The number of carbonyl (C=O) groups excluding carboxylic acids is 1. The predicted octanol–water partition coefficient (Wildman–Crippen LogP) is 4.58. The molecule has 26 heavy (non-hydrogen) atoms. The van der Waals surface area contributed by atoms with Gasteiger partial charge in [0.1, 0.15) is 12.4 Å². The van der Waals surface area contributed by atoms with Crippen molar-refractivity contribution in [1.82, 2.24) is 5.32 Å². The SMILES string of the molecule is Cc1cc(C)cc(OCCNC(=O)CCc2cccc3ccccc23)c1. The van der Waals surface area contributed by atoms with Gasteiger partial charge in [0, 0.05) is 6.42 Å². The molecule has 3 nitrogen and oxygen atoms in total. The van der Waals surface area contributed by atoms with E-state index in [0.717, 1.165) is 12.2 Å². The van der Waals surface area contributed by atoms with Crippen LogP contribution >= 0.6 is 0 Å². The van der Waals surface area contributed by atoms with Crippen LogP contribution in [-0.4, -0.2) is 19.1 Å². The second-order valence-corrected chi connectivity index (χ2v) is 6.66. The number of nitrogens with one attached hydrogen (secondary N) is 1. The highest BCUT2D eigenvalue weighted by atomic mass is 16.5. The molecule has 0 saturated heterocycles. The molecule has 1 amide bonds. The Morgan fingerprint density at radius 3 is 2.50 bits per heavy atom. The number of aryl methyl sites for hydroxylation is 3. The topological polar surface area (TPSA) is 38.3 Å². The summed E-state index contributed by atoms with van der Waals surface area (Å²) < 4.78 is 5.72. The van der Waals surface area contributed by atoms with Gasteiger partial charge in [0.2, 0.25) is 5.91 Å². The van der Waals surface area contributed by atoms with Crippen LogP contribution in [0.15, 0.2) is 60.7 Å². The van der Waals surface area contributed by atoms with Crippen LogP contribution in [0.2, 0.25) is 0 Å². The van der Waals surface area contributed by atoms with Crippen LogP contribution in [0.3, 0.4) is 0 Å². The van der Waals surface area contributed by atoms with Gasteiger partial charge in [0.05, 0.1) is 6.54 Å². The lowest BCUT2D eigenvalue weighted by atomic mass is 10.0. The Morgan fingerprint density at radius 2 is 1.69 bits per heavy atom. The summed E-state index contributed by atoms with van der Waals surface area (Å²) in [6.45, 7) is 5.09. The number of hydrogen-bond acceptors (Lipinski definition) is 2. The van der Waals surface area contributed by atoms with Gasteiger partial charge < -0.3 is 10.1 Å². The lowest BCUT2D eigenvalue weighted by Crippen LogP contribution is -2.28. The van der Waals surface area contributed by atoms with Gasteiger partial charge in [-0.2, -0.15) is 0 Å². The Kier molecular flexibility index (Phi) is 5.90. The van der Waals surface area contributed by atoms with Gasteiger partial charge in [0.15, 0.2) is 0 Å². The van der Waals surface area contributed by atoms with Crippen LogP contribution < -0.4 is 10.1 Å². The summed E-state index contributed by atoms with van der Waals surface area (Å²) in [6.07, 6.45) is 1.22. The molecule has 0 atom stereocenters. The molecule has 3 rings (SSSR count). The molecule has 0 radical (unpaired) electrons. The average Bonchev–Trinajstić information content (AvgIpc) is 2.63. The molecule has 0 bridgehead atoms. The summed E-state index contributed by atoms with van der Waals surface area (Å²) in [6, 6.07) is 20.7. The number of ether oxygens (including phenoxy) is 1. The minimum atomic E-state index is 0.0574. The Morgan fingerprint density at radius 1 is 0.962 bits per heavy atom. The normalized spacial score (nSPS) is 10.7. The summed E-state index contributed by atoms with van der Waals surface area (Å²) in [4.78, 5) is 12.1. The van der Waals surface area contributed by atoms with Crippen molar-refractivity contribution in [2.24, 2.45) is 0 Å². The number of benzene rings is 3. The van der Waals surface area contributed by atoms with Crippen molar-refractivity contribution in [1.29, 1.82) is 0 Å². The van der Waals surface area contributed by atoms with Gasteiger partial charge in [0.25, 0.3) is 0 Å². The molecule has 3 heteroatoms. The molecule has 0 unspecified atom stereocenters. The van der Waals surface area contributed by atoms with Crippen LogP contribution in [0.4, 0.5) is 0 Å². The minimum absolute atomic E-state index is 0.0574. The molecule has 3 aromatic carbocycles. The first-order chi connectivity index (χ1) is 12.6. The molecule has 0 fully saturated rings. The third-order valence-corrected chi connectivity index (χ3v) is 4.39. The lowest BCUT2D eigenvalue weighted by Gasteiger charge is -2.10. The van der Waals surface area contributed by atoms with Gasteiger partial charge in [-0.05, 0) is 59.9 Å². The van der Waals surface area contributed by atoms with Crippen LogP contribution in [0.25, 0.3) is 10.8 Å². The quantitative estimate of drug-likeness (QED) is 0.635. The third-order valence-electron chi connectivity index (χ3n) is 4.39. The molecule has 3 aromatic rings. The summed E-state index contributed by atoms with van der Waals surface area (Å²) in [5.74, 6) is 0.912. The maximum Gasteiger partial charge on any atom is 0.220 e. The van der Waals surface area contributed by atoms with E-state index in [2.05, 4.69) is 49.5 Å². The highest BCUT2D eigenvalue weighted by molar-refractivity contribution is 5.86. The number of hydrogen-bond donors (Lipinski definition) is 1. The van der Waals surface area contributed by atoms with Crippen molar-refractivity contribution >= 4 is 16.7 Å². The fraction of sp³-hybridized carbons (Fsp3) is 0.261. The fourth-order valence-electron chi connectivity index (χ4n) is 3.22. The second-order valence-electron chi connectivity index (χ2n) is 6.66. The van der Waals surface area contributed by atoms with Crippen LogP contribution in [0.1, 0.15) is 23.1 Å². The number of carbonyl (C=O) groups is 1. The third kappa shape index (κ3) is 4.85. The van der Waals surface area contributed by atoms with Gasteiger partial charge in [-0.3, -0.25) is 4.79 Å². The molecular formula is C23H25NO2. The summed E-state index contributed by atoms with van der Waals surface area (Å²) >= 11 is 0. The van der Waals surface area contributed by atoms with Crippen molar-refractivity contribution < 1.29 is 9.53 Å². The molecule has 0 spiro atoms. The first kappa shape index (κ1) is 18.0. The smallest absolute Gasteiger partial charge is 0.220 e. The molecule has 0 aliphatic heterocycles. The largest absolute Gasteiger partial charge is 0.492 e. The first-order valence-electron chi connectivity index (χ1n) is 9.06. The zero-order valence-electron chi connectivity index (χ0n) is 15.4. The molecule has 0 aromatic heterocycles. The molecular weight excluding hydrogens is 322 g/mol. The number of fused-ring (bicyclic) bond motifs is 1. The highest BCUT2D eigenvalue weighted by Gasteiger charge is 2.05. The van der Waals surface area contributed by atoms with Crippen molar-refractivity contribution in [2.45, 2.75) is 26.7 Å². The van der Waals surface area contributed by atoms with E-state index in [-0.39, 0.29) is 5.91 Å². The fourth-order valence-corrected chi connectivity index (χ4v) is 3.22. The van der Waals surface area contributed by atoms with Crippen molar-refractivity contribution in [3.63, 3.8) is 0 Å². The molecule has 0 saturated carbocycles. The Balaban J connectivity index is 1.44. The highest BCUT2D eigenvalue weighted by Crippen LogP contribution is 2.19. The predicted molar refractivity (Wildman–Crippen MR) is 107 cm³/mol. The van der Waals surface area contributed by atoms with E-state index in [0.29, 0.717) is 19.6 Å². The number of amides is 1. The van der Waals surface area contributed by atoms with Gasteiger partial charge >= 0.3 is 0 Å². The Hall–Kier alpha value is -2.81. The van der Waals surface area contributed by atoms with E-state index in [1.54, 1.807) is 0 Å². The van der Waals surface area contributed by atoms with Gasteiger partial charge in [-0.1, -0.05) is 48.5 Å². The maximum atomic E-state index is 12.1. The minimum Gasteiger partial charge on any atom is -0.492 e. The van der Waals surface area contributed by atoms with Crippen molar-refractivity contribution in [3.05, 3.63) is 77.4 Å². The monoisotopic (exact) mass is 347 g/mol. The van der Waals surface area contributed by atoms with Gasteiger partial charge in [-0.25, -0.2) is 0 Å². The first-order valence-corrected chi connectivity index (χ1v) is 9.06. The Labute approximate surface area is 155 Å². The molecule has 0 heterocycles. The van der Waals surface area contributed by atoms with Crippen LogP contribution in [-0.2, 0) is 11.2 Å². The standard InChI is InChI=1S/C23H25NO2/c1-17-14-18(2)16-21(15-17)26-13-12-24-23(25)11-10-20-8-5-7-19-6-3-4-9-22(19)20/h3-9,14-16H,10-13H2,1-2H3,(H,24,25). The van der Waals surface area contributed by atoms with Gasteiger partial charge in [-0.15, -0.1) is 0 Å².